The van der Waals surface area contributed by atoms with Crippen molar-refractivity contribution in [1.82, 2.24) is 16.3 Å². The molecule has 0 bridgehead atoms. The Morgan fingerprint density at radius 2 is 0.324 bits per heavy atom. The Kier molecular flexibility index (Phi) is 23.3. The van der Waals surface area contributed by atoms with Crippen LogP contribution < -0.4 is 41.4 Å². The molecule has 0 spiro atoms. The van der Waals surface area contributed by atoms with Crippen molar-refractivity contribution in [2.75, 3.05) is 0 Å². The molecule has 6 aliphatic rings. The van der Waals surface area contributed by atoms with Crippen molar-refractivity contribution in [2.45, 2.75) is 29.4 Å². The highest BCUT2D eigenvalue weighted by atomic mass is 32.2. The number of carbonyl (C=O) groups excluding carboxylic acids is 12. The second-order valence-electron chi connectivity index (χ2n) is 33.3. The number of carbonyl (C=O) groups is 12. The zero-order valence-electron chi connectivity index (χ0n) is 74.7. The molecule has 36 nitrogen and oxygen atoms in total. The molecule has 6 aliphatic carbocycles. The molecule has 21 rings (SSSR count). The van der Waals surface area contributed by atoms with Gasteiger partial charge < -0.3 is 25.1 Å². The second-order valence-corrected chi connectivity index (χ2v) is 42.6. The number of hydrogen-bond acceptors (Lipinski definition) is 36. The fourth-order valence-corrected chi connectivity index (χ4v) is 23.0. The van der Waals surface area contributed by atoms with Crippen molar-refractivity contribution in [2.24, 2.45) is 15.3 Å². The molecule has 3 N–H and O–H groups in total. The standard InChI is InChI=1S/C106H57N6O30S6/c113-94-67-13-1-7-19-73(67)100(119)85-46-61(31-37-79(85)94)143(125,126)137-58-28-25-55(91(43-58)140-146(131,132)64-34-40-82-88(49-64)103(122)76-22-10-4-16-70(76)97(82)116)52-107-110-106(111-108-53-56-26-29-59(138-144(127,128)62-32-38-80-86(47-62)101(120)74-20-8-2-14-68(74)95(80)114)44-92(56)141-147(133,134)65-35-41-83-89(50-65)104(123)77-23-11-5-17-71(77)98(83)117)112-109-54-57-27-30-60(139-145(129,130)63-33-39-81-87(48-63)102(121)75-21-9-3-15-69(75)96(81)115)45-93(57)142-148(135,136)66-36-42-84-90(51-66)105(124)78-24-12-6-18-72(78)99(84)118/h1-54,110-112H/q+1/b107-52+,108-53+,109-54+. The van der Waals surface area contributed by atoms with Crippen LogP contribution in [0.15, 0.2) is 354 Å². The van der Waals surface area contributed by atoms with Gasteiger partial charge in [-0.2, -0.15) is 50.5 Å². The van der Waals surface area contributed by atoms with Crippen molar-refractivity contribution in [3.8, 4) is 34.5 Å². The SMILES string of the molecule is O=C1c2ccccc2C(=O)c2cc(S(=O)(=O)Oc3ccc(/C=N/N[C+](N/N=C/c4ccc(OS(=O)(=O)c5ccc6c(c5)C(=O)c5ccccc5C6=O)cc4OS(=O)(=O)c4ccc5c(c4)C(=O)c4ccccc4C5=O)N/N=C/c4ccc(OS(=O)(=O)c5ccc6c(c5)C(=O)c5ccccc5C6=O)cc4OS(=O)(=O)c4ccc5c(c4)C(=O)c4ccccc4C5=O)c(OS(=O)(=O)c4ccc5c(c4)C(=O)c4ccccc4C5=O)c3)ccc21. The minimum atomic E-state index is -5.29. The fraction of sp³-hybridized carbons (Fsp3) is 0. The smallest absolute Gasteiger partial charge is 0.379 e. The van der Waals surface area contributed by atoms with E-state index in [4.69, 9.17) is 25.1 Å². The maximum atomic E-state index is 14.9. The monoisotopic (exact) mass is 2090 g/mol. The van der Waals surface area contributed by atoms with Crippen molar-refractivity contribution < 1.29 is 133 Å². The molecule has 42 heteroatoms. The summed E-state index contributed by atoms with van der Waals surface area (Å²) in [5.74, 6) is -12.7. The Hall–Kier alpha value is -18.9. The van der Waals surface area contributed by atoms with Crippen LogP contribution in [0.3, 0.4) is 0 Å². The van der Waals surface area contributed by atoms with Gasteiger partial charge in [0.05, 0.1) is 18.6 Å². The first-order valence-corrected chi connectivity index (χ1v) is 52.0. The minimum absolute atomic E-state index is 0.0213. The van der Waals surface area contributed by atoms with E-state index in [-0.39, 0.29) is 134 Å². The van der Waals surface area contributed by atoms with Crippen LogP contribution in [0, 0.1) is 6.29 Å². The quantitative estimate of drug-likeness (QED) is 0.0186. The molecule has 726 valence electrons. The lowest BCUT2D eigenvalue weighted by atomic mass is 9.84. The Bertz CT molecular complexity index is 8690. The van der Waals surface area contributed by atoms with Crippen molar-refractivity contribution in [1.29, 1.82) is 0 Å². The van der Waals surface area contributed by atoms with Crippen molar-refractivity contribution in [3.63, 3.8) is 0 Å². The molecule has 0 aliphatic heterocycles. The molecule has 0 saturated carbocycles. The molecular formula is C106H57N6O30S6+. The minimum Gasteiger partial charge on any atom is -0.379 e. The lowest BCUT2D eigenvalue weighted by Gasteiger charge is -2.18. The maximum Gasteiger partial charge on any atom is 0.476 e. The van der Waals surface area contributed by atoms with E-state index in [1.165, 1.54) is 146 Å². The summed E-state index contributed by atoms with van der Waals surface area (Å²) in [6.07, 6.45) is 1.74. The number of nitrogens with zero attached hydrogens (tertiary/aromatic N) is 3. The first-order valence-electron chi connectivity index (χ1n) is 43.6. The van der Waals surface area contributed by atoms with E-state index in [0.717, 1.165) is 182 Å². The molecule has 148 heavy (non-hydrogen) atoms. The summed E-state index contributed by atoms with van der Waals surface area (Å²) in [7, 11) is -31.2. The number of hydrogen-bond donors (Lipinski definition) is 3. The van der Waals surface area contributed by atoms with E-state index in [0.29, 0.717) is 0 Å². The van der Waals surface area contributed by atoms with Gasteiger partial charge in [-0.25, -0.2) is 0 Å². The van der Waals surface area contributed by atoms with Crippen LogP contribution in [0.25, 0.3) is 0 Å². The average molecular weight is 2090 g/mol. The third-order valence-electron chi connectivity index (χ3n) is 24.4. The fourth-order valence-electron chi connectivity index (χ4n) is 17.2. The van der Waals surface area contributed by atoms with Gasteiger partial charge in [-0.3, -0.25) is 57.5 Å². The second kappa shape index (κ2) is 36.2. The summed E-state index contributed by atoms with van der Waals surface area (Å²) >= 11 is 0. The molecule has 0 unspecified atom stereocenters. The molecule has 0 heterocycles. The summed E-state index contributed by atoms with van der Waals surface area (Å²) in [5.41, 5.74) is 3.08. The van der Waals surface area contributed by atoms with Gasteiger partial charge in [0, 0.05) is 168 Å². The Morgan fingerprint density at radius 1 is 0.176 bits per heavy atom. The van der Waals surface area contributed by atoms with E-state index >= 15 is 0 Å². The normalized spacial score (nSPS) is 13.9. The van der Waals surface area contributed by atoms with Crippen LogP contribution in [0.4, 0.5) is 0 Å². The van der Waals surface area contributed by atoms with E-state index in [1.54, 1.807) is 0 Å². The summed E-state index contributed by atoms with van der Waals surface area (Å²) in [4.78, 5) is 162. The topological polar surface area (TPSA) is 538 Å². The zero-order valence-corrected chi connectivity index (χ0v) is 79.6. The largest absolute Gasteiger partial charge is 0.476 e. The summed E-state index contributed by atoms with van der Waals surface area (Å²) in [6.45, 7) is 0. The summed E-state index contributed by atoms with van der Waals surface area (Å²) < 4.78 is 210. The van der Waals surface area contributed by atoms with E-state index < -0.39 is 217 Å². The molecule has 0 aromatic heterocycles. The van der Waals surface area contributed by atoms with Crippen LogP contribution in [0.5, 0.6) is 34.5 Å². The van der Waals surface area contributed by atoms with Gasteiger partial charge in [0.25, 0.3) is 0 Å². The predicted octanol–water partition coefficient (Wildman–Crippen LogP) is 12.6. The van der Waals surface area contributed by atoms with Gasteiger partial charge in [-0.05, 0) is 146 Å². The lowest BCUT2D eigenvalue weighted by molar-refractivity contribution is 0.0979. The maximum absolute atomic E-state index is 14.9. The van der Waals surface area contributed by atoms with Gasteiger partial charge in [0.2, 0.25) is 0 Å². The van der Waals surface area contributed by atoms with Gasteiger partial charge in [0.1, 0.15) is 46.6 Å². The summed E-state index contributed by atoms with van der Waals surface area (Å²) in [6, 6.07) is 60.4. The van der Waals surface area contributed by atoms with Gasteiger partial charge in [-0.1, -0.05) is 162 Å². The van der Waals surface area contributed by atoms with Crippen LogP contribution in [-0.4, -0.2) is 139 Å². The van der Waals surface area contributed by atoms with Crippen LogP contribution in [0.1, 0.15) is 208 Å². The molecular weight excluding hydrogens is 2030 g/mol. The highest BCUT2D eigenvalue weighted by Crippen LogP contribution is 2.42. The van der Waals surface area contributed by atoms with E-state index in [9.17, 15) is 108 Å². The first kappa shape index (κ1) is 95.3. The van der Waals surface area contributed by atoms with Crippen LogP contribution in [0.2, 0.25) is 0 Å². The zero-order chi connectivity index (χ0) is 104. The van der Waals surface area contributed by atoms with Crippen molar-refractivity contribution in [3.05, 3.63) is 466 Å². The number of rotatable bonds is 27. The molecule has 0 radical (unpaired) electrons. The van der Waals surface area contributed by atoms with Crippen LogP contribution >= 0.6 is 0 Å². The number of fused-ring (bicyclic) bond motifs is 12. The third kappa shape index (κ3) is 17.1. The molecule has 0 amide bonds. The summed E-state index contributed by atoms with van der Waals surface area (Å²) in [5, 5.41) is 12.7. The lowest BCUT2D eigenvalue weighted by Crippen LogP contribution is -2.38. The Balaban J connectivity index is 0.655. The van der Waals surface area contributed by atoms with Gasteiger partial charge in [-0.15, -0.1) is 15.3 Å². The van der Waals surface area contributed by atoms with E-state index in [2.05, 4.69) is 31.6 Å². The first-order chi connectivity index (χ1) is 70.8. The molecule has 15 aromatic carbocycles. The molecule has 0 fully saturated rings. The predicted molar refractivity (Wildman–Crippen MR) is 520 cm³/mol. The van der Waals surface area contributed by atoms with Crippen LogP contribution in [-0.2, 0) is 60.7 Å². The Labute approximate surface area is 837 Å². The highest BCUT2D eigenvalue weighted by molar-refractivity contribution is 7.88. The van der Waals surface area contributed by atoms with Gasteiger partial charge >= 0.3 is 67.0 Å². The molecule has 15 aromatic rings. The number of nitrogens with one attached hydrogen (secondary N) is 3. The number of ketones is 12. The van der Waals surface area contributed by atoms with Gasteiger partial charge in [0.15, 0.2) is 86.6 Å². The molecule has 0 saturated heterocycles. The highest BCUT2D eigenvalue weighted by Gasteiger charge is 2.41. The Morgan fingerprint density at radius 3 is 0.493 bits per heavy atom. The third-order valence-corrected chi connectivity index (χ3v) is 31.8. The average Bonchev–Trinajstić information content (AvgIpc) is 0.768. The van der Waals surface area contributed by atoms with Crippen molar-refractivity contribution >= 4 is 149 Å². The van der Waals surface area contributed by atoms with E-state index in [1.807, 2.05) is 0 Å². The number of hydrazone groups is 3. The molecule has 0 atom stereocenters. The number of benzene rings is 15.